The predicted molar refractivity (Wildman–Crippen MR) is 100 cm³/mol. The molecule has 4 nitrogen and oxygen atoms in total. The molecule has 2 rings (SSSR count). The van der Waals surface area contributed by atoms with Gasteiger partial charge in [0.25, 0.3) is 0 Å². The van der Waals surface area contributed by atoms with E-state index in [1.54, 1.807) is 0 Å². The highest BCUT2D eigenvalue weighted by atomic mass is 35.5. The molecular weight excluding hydrogens is 324 g/mol. The number of benzene rings is 1. The zero-order chi connectivity index (χ0) is 16.9. The van der Waals surface area contributed by atoms with Crippen LogP contribution in [-0.4, -0.2) is 25.2 Å². The molecule has 0 spiro atoms. The van der Waals surface area contributed by atoms with Gasteiger partial charge in [-0.2, -0.15) is 0 Å². The third kappa shape index (κ3) is 6.08. The molecule has 1 heterocycles. The van der Waals surface area contributed by atoms with E-state index in [1.165, 1.54) is 0 Å². The maximum absolute atomic E-state index is 12.2. The molecule has 0 saturated carbocycles. The van der Waals surface area contributed by atoms with E-state index in [1.807, 2.05) is 30.3 Å². The van der Waals surface area contributed by atoms with E-state index in [9.17, 15) is 4.79 Å². The first-order valence-corrected chi connectivity index (χ1v) is 8.57. The van der Waals surface area contributed by atoms with Crippen LogP contribution in [0.1, 0.15) is 51.6 Å². The lowest BCUT2D eigenvalue weighted by atomic mass is 9.78. The molecule has 0 radical (unpaired) electrons. The minimum absolute atomic E-state index is 0. The highest BCUT2D eigenvalue weighted by Gasteiger charge is 2.35. The van der Waals surface area contributed by atoms with Crippen molar-refractivity contribution in [3.05, 3.63) is 35.9 Å². The third-order valence-electron chi connectivity index (χ3n) is 4.49. The van der Waals surface area contributed by atoms with Gasteiger partial charge in [0.05, 0.1) is 6.10 Å². The number of rotatable bonds is 5. The molecule has 1 aliphatic rings. The Labute approximate surface area is 151 Å². The van der Waals surface area contributed by atoms with Crippen LogP contribution in [0.3, 0.4) is 0 Å². The molecule has 0 aromatic heterocycles. The Morgan fingerprint density at radius 1 is 1.33 bits per heavy atom. The van der Waals surface area contributed by atoms with Gasteiger partial charge in [-0.3, -0.25) is 4.79 Å². The minimum atomic E-state index is -0.253. The molecule has 0 aliphatic carbocycles. The Morgan fingerprint density at radius 2 is 2.00 bits per heavy atom. The molecule has 24 heavy (non-hydrogen) atoms. The average molecular weight is 355 g/mol. The molecule has 1 aromatic rings. The summed E-state index contributed by atoms with van der Waals surface area (Å²) in [6.07, 6.45) is 2.68. The van der Waals surface area contributed by atoms with Crippen molar-refractivity contribution in [1.82, 2.24) is 5.32 Å². The minimum Gasteiger partial charge on any atom is -0.377 e. The first kappa shape index (κ1) is 20.9. The van der Waals surface area contributed by atoms with Crippen molar-refractivity contribution in [3.8, 4) is 0 Å². The molecule has 3 unspecified atom stereocenters. The second kappa shape index (κ2) is 9.40. The lowest BCUT2D eigenvalue weighted by Gasteiger charge is -2.40. The number of nitrogens with one attached hydrogen (secondary N) is 1. The summed E-state index contributed by atoms with van der Waals surface area (Å²) in [6.45, 7) is 8.09. The second-order valence-corrected chi connectivity index (χ2v) is 7.59. The lowest BCUT2D eigenvalue weighted by Crippen LogP contribution is -2.45. The van der Waals surface area contributed by atoms with Crippen LogP contribution in [0.5, 0.6) is 0 Å². The predicted octanol–water partition coefficient (Wildman–Crippen LogP) is 3.46. The number of nitrogens with two attached hydrogens (primary N) is 1. The van der Waals surface area contributed by atoms with Crippen LogP contribution in [0, 0.1) is 11.3 Å². The van der Waals surface area contributed by atoms with Crippen molar-refractivity contribution >= 4 is 18.3 Å². The topological polar surface area (TPSA) is 64.3 Å². The summed E-state index contributed by atoms with van der Waals surface area (Å²) in [6, 6.07) is 9.51. The Kier molecular flexibility index (Phi) is 8.20. The van der Waals surface area contributed by atoms with Gasteiger partial charge >= 0.3 is 0 Å². The molecule has 1 aromatic carbocycles. The number of amides is 1. The largest absolute Gasteiger partial charge is 0.377 e. The fourth-order valence-corrected chi connectivity index (χ4v) is 3.34. The number of ether oxygens (including phenoxy) is 1. The number of carbonyl (C=O) groups excluding carboxylic acids is 1. The van der Waals surface area contributed by atoms with Crippen LogP contribution in [0.2, 0.25) is 0 Å². The van der Waals surface area contributed by atoms with E-state index in [0.717, 1.165) is 25.0 Å². The summed E-state index contributed by atoms with van der Waals surface area (Å²) >= 11 is 0. The van der Waals surface area contributed by atoms with Gasteiger partial charge in [0.2, 0.25) is 5.91 Å². The van der Waals surface area contributed by atoms with Crippen molar-refractivity contribution < 1.29 is 9.53 Å². The Balaban J connectivity index is 0.00000288. The highest BCUT2D eigenvalue weighted by molar-refractivity contribution is 5.85. The van der Waals surface area contributed by atoms with Crippen molar-refractivity contribution in [2.45, 2.75) is 52.2 Å². The Bertz CT molecular complexity index is 502. The molecule has 1 fully saturated rings. The molecular formula is C19H31ClN2O2. The first-order valence-electron chi connectivity index (χ1n) is 8.57. The third-order valence-corrected chi connectivity index (χ3v) is 4.49. The second-order valence-electron chi connectivity index (χ2n) is 7.59. The molecule has 3 N–H and O–H groups in total. The SMILES string of the molecule is CC(C)(C)C1OCCCC1CNC(=O)CC(N)c1ccccc1.Cl. The van der Waals surface area contributed by atoms with E-state index >= 15 is 0 Å². The number of halogens is 1. The summed E-state index contributed by atoms with van der Waals surface area (Å²) in [4.78, 5) is 12.2. The number of carbonyl (C=O) groups is 1. The quantitative estimate of drug-likeness (QED) is 0.851. The molecule has 5 heteroatoms. The van der Waals surface area contributed by atoms with Crippen LogP contribution in [0.25, 0.3) is 0 Å². The van der Waals surface area contributed by atoms with Gasteiger partial charge in [-0.1, -0.05) is 51.1 Å². The molecule has 1 amide bonds. The summed E-state index contributed by atoms with van der Waals surface area (Å²) < 4.78 is 5.96. The fraction of sp³-hybridized carbons (Fsp3) is 0.632. The van der Waals surface area contributed by atoms with Crippen molar-refractivity contribution in [1.29, 1.82) is 0 Å². The Morgan fingerprint density at radius 3 is 2.62 bits per heavy atom. The van der Waals surface area contributed by atoms with E-state index in [-0.39, 0.29) is 35.9 Å². The van der Waals surface area contributed by atoms with Crippen LogP contribution >= 0.6 is 12.4 Å². The summed E-state index contributed by atoms with van der Waals surface area (Å²) in [5.74, 6) is 0.389. The normalized spacial score (nSPS) is 22.3. The fourth-order valence-electron chi connectivity index (χ4n) is 3.34. The van der Waals surface area contributed by atoms with Crippen LogP contribution < -0.4 is 11.1 Å². The van der Waals surface area contributed by atoms with Gasteiger partial charge in [0.15, 0.2) is 0 Å². The number of hydrogen-bond acceptors (Lipinski definition) is 3. The molecule has 1 saturated heterocycles. The van der Waals surface area contributed by atoms with Gasteiger partial charge in [-0.05, 0) is 23.8 Å². The summed E-state index contributed by atoms with van der Waals surface area (Å²) in [5, 5.41) is 3.06. The van der Waals surface area contributed by atoms with Crippen molar-refractivity contribution in [2.24, 2.45) is 17.1 Å². The summed E-state index contributed by atoms with van der Waals surface area (Å²) in [5.41, 5.74) is 7.21. The van der Waals surface area contributed by atoms with Gasteiger partial charge < -0.3 is 15.8 Å². The number of hydrogen-bond donors (Lipinski definition) is 2. The molecule has 3 atom stereocenters. The maximum Gasteiger partial charge on any atom is 0.221 e. The maximum atomic E-state index is 12.2. The molecule has 1 aliphatic heterocycles. The highest BCUT2D eigenvalue weighted by Crippen LogP contribution is 2.33. The standard InChI is InChI=1S/C19H30N2O2.ClH/c1-19(2,3)18-15(10-7-11-23-18)13-21-17(22)12-16(20)14-8-5-4-6-9-14;/h4-6,8-9,15-16,18H,7,10-13,20H2,1-3H3,(H,21,22);1H. The van der Waals surface area contributed by atoms with E-state index in [2.05, 4.69) is 26.1 Å². The van der Waals surface area contributed by atoms with Gasteiger partial charge in [-0.15, -0.1) is 12.4 Å². The van der Waals surface area contributed by atoms with E-state index < -0.39 is 0 Å². The van der Waals surface area contributed by atoms with Crippen LogP contribution in [-0.2, 0) is 9.53 Å². The first-order chi connectivity index (χ1) is 10.9. The van der Waals surface area contributed by atoms with E-state index in [4.69, 9.17) is 10.5 Å². The van der Waals surface area contributed by atoms with E-state index in [0.29, 0.717) is 18.9 Å². The molecule has 136 valence electrons. The van der Waals surface area contributed by atoms with Gasteiger partial charge in [-0.25, -0.2) is 0 Å². The lowest BCUT2D eigenvalue weighted by molar-refractivity contribution is -0.123. The van der Waals surface area contributed by atoms with Crippen LogP contribution in [0.4, 0.5) is 0 Å². The smallest absolute Gasteiger partial charge is 0.221 e. The van der Waals surface area contributed by atoms with Gasteiger partial charge in [0, 0.05) is 31.5 Å². The van der Waals surface area contributed by atoms with Crippen molar-refractivity contribution in [3.63, 3.8) is 0 Å². The monoisotopic (exact) mass is 354 g/mol. The summed E-state index contributed by atoms with van der Waals surface area (Å²) in [7, 11) is 0. The van der Waals surface area contributed by atoms with Crippen molar-refractivity contribution in [2.75, 3.05) is 13.2 Å². The van der Waals surface area contributed by atoms with Crippen LogP contribution in [0.15, 0.2) is 30.3 Å². The molecule has 0 bridgehead atoms. The zero-order valence-corrected chi connectivity index (χ0v) is 15.8. The Hall–Kier alpha value is -1.10. The average Bonchev–Trinajstić information content (AvgIpc) is 2.53. The van der Waals surface area contributed by atoms with Gasteiger partial charge in [0.1, 0.15) is 0 Å². The zero-order valence-electron chi connectivity index (χ0n) is 15.0.